The molecular weight excluding hydrogens is 442 g/mol. The van der Waals surface area contributed by atoms with Crippen LogP contribution in [0.3, 0.4) is 0 Å². The van der Waals surface area contributed by atoms with Gasteiger partial charge in [-0.05, 0) is 13.3 Å². The van der Waals surface area contributed by atoms with Gasteiger partial charge in [0.15, 0.2) is 0 Å². The van der Waals surface area contributed by atoms with E-state index in [0.29, 0.717) is 6.42 Å². The van der Waals surface area contributed by atoms with Crippen molar-refractivity contribution >= 4 is 22.3 Å². The normalized spacial score (nSPS) is 13.5. The molecule has 1 rings (SSSR count). The number of carbonyl (C=O) groups is 1. The molecule has 0 saturated heterocycles. The number of rotatable bonds is 18. The molecule has 0 radical (unpaired) electrons. The number of guanidine groups is 1. The Hall–Kier alpha value is -1.19. The molecule has 0 unspecified atom stereocenters. The van der Waals surface area contributed by atoms with Crippen molar-refractivity contribution < 1.29 is 21.9 Å². The van der Waals surface area contributed by atoms with Crippen molar-refractivity contribution in [2.75, 3.05) is 26.7 Å². The number of hydrogen-bond acceptors (Lipinski definition) is 6. The lowest BCUT2D eigenvalue weighted by molar-refractivity contribution is -0.119. The van der Waals surface area contributed by atoms with E-state index in [4.69, 9.17) is 4.55 Å². The van der Waals surface area contributed by atoms with E-state index in [1.807, 2.05) is 0 Å². The number of hydrogen-bond donors (Lipinski definition) is 2. The minimum atomic E-state index is -4.16. The summed E-state index contributed by atoms with van der Waals surface area (Å²) in [5.41, 5.74) is 0. The number of likely N-dealkylation sites (N-methyl/N-ethyl adjacent to an activating group) is 1. The van der Waals surface area contributed by atoms with Crippen molar-refractivity contribution in [1.82, 2.24) is 10.2 Å². The van der Waals surface area contributed by atoms with Crippen molar-refractivity contribution in [3.8, 4) is 0 Å². The highest BCUT2D eigenvalue weighted by molar-refractivity contribution is 7.80. The van der Waals surface area contributed by atoms with Crippen LogP contribution in [0.25, 0.3) is 0 Å². The first-order valence-electron chi connectivity index (χ1n) is 13.0. The molecule has 1 amide bonds. The lowest BCUT2D eigenvalue weighted by Crippen LogP contribution is -2.41. The lowest BCUT2D eigenvalue weighted by Gasteiger charge is -2.17. The molecule has 9 heteroatoms. The maximum atomic E-state index is 12.0. The van der Waals surface area contributed by atoms with E-state index in [1.165, 1.54) is 89.9 Å². The molecule has 0 spiro atoms. The first-order chi connectivity index (χ1) is 15.8. The standard InChI is InChI=1S/C23H45N3O.CH4O4S/c1-3-5-6-7-8-9-10-11-12-13-14-15-16-17-18-19-22(27)25-23-24-20-21-26(23)4-2;1-5-6(2,3)4/h3-21H2,1-2H3,(H,24,25,27);1H3,(H,2,3,4). The molecular formula is C24H49N3O5S. The average molecular weight is 492 g/mol. The summed E-state index contributed by atoms with van der Waals surface area (Å²) >= 11 is 0. The number of aliphatic imine (C=N–C) groups is 1. The summed E-state index contributed by atoms with van der Waals surface area (Å²) in [6.07, 6.45) is 21.0. The van der Waals surface area contributed by atoms with Gasteiger partial charge in [-0.15, -0.1) is 0 Å². The molecule has 1 aliphatic heterocycles. The highest BCUT2D eigenvalue weighted by Crippen LogP contribution is 2.13. The Labute approximate surface area is 202 Å². The molecule has 0 aromatic rings. The third-order valence-electron chi connectivity index (χ3n) is 5.78. The van der Waals surface area contributed by atoms with Crippen LogP contribution in [-0.2, 0) is 19.4 Å². The van der Waals surface area contributed by atoms with Crippen LogP contribution in [0, 0.1) is 0 Å². The summed E-state index contributed by atoms with van der Waals surface area (Å²) in [4.78, 5) is 18.5. The minimum absolute atomic E-state index is 0.129. The van der Waals surface area contributed by atoms with E-state index in [1.54, 1.807) is 0 Å². The topological polar surface area (TPSA) is 108 Å². The zero-order valence-electron chi connectivity index (χ0n) is 21.3. The Balaban J connectivity index is 0.00000150. The van der Waals surface area contributed by atoms with Gasteiger partial charge in [0.2, 0.25) is 11.9 Å². The first-order valence-corrected chi connectivity index (χ1v) is 14.3. The summed E-state index contributed by atoms with van der Waals surface area (Å²) in [7, 11) is -3.29. The highest BCUT2D eigenvalue weighted by atomic mass is 32.3. The van der Waals surface area contributed by atoms with Crippen LogP contribution < -0.4 is 5.32 Å². The van der Waals surface area contributed by atoms with Gasteiger partial charge in [-0.25, -0.2) is 0 Å². The second-order valence-corrected chi connectivity index (χ2v) is 9.82. The summed E-state index contributed by atoms with van der Waals surface area (Å²) in [5.74, 6) is 0.909. The Kier molecular flexibility index (Phi) is 20.6. The van der Waals surface area contributed by atoms with Gasteiger partial charge in [0, 0.05) is 19.5 Å². The molecule has 0 aromatic carbocycles. The van der Waals surface area contributed by atoms with Gasteiger partial charge in [0.25, 0.3) is 0 Å². The van der Waals surface area contributed by atoms with Crippen LogP contribution in [0.5, 0.6) is 0 Å². The monoisotopic (exact) mass is 491 g/mol. The summed E-state index contributed by atoms with van der Waals surface area (Å²) in [6.45, 7) is 7.04. The molecule has 1 aliphatic rings. The van der Waals surface area contributed by atoms with Gasteiger partial charge in [-0.1, -0.05) is 96.8 Å². The number of nitrogens with one attached hydrogen (secondary N) is 1. The number of amides is 1. The van der Waals surface area contributed by atoms with E-state index in [0.717, 1.165) is 39.1 Å². The summed E-state index contributed by atoms with van der Waals surface area (Å²) in [5, 5.41) is 2.97. The maximum absolute atomic E-state index is 12.0. The third kappa shape index (κ3) is 21.1. The van der Waals surface area contributed by atoms with Crippen molar-refractivity contribution in [1.29, 1.82) is 0 Å². The zero-order chi connectivity index (χ0) is 24.8. The fourth-order valence-electron chi connectivity index (χ4n) is 3.75. The summed E-state index contributed by atoms with van der Waals surface area (Å²) in [6, 6.07) is 0. The number of unbranched alkanes of at least 4 members (excludes halogenated alkanes) is 14. The Morgan fingerprint density at radius 3 is 1.73 bits per heavy atom. The van der Waals surface area contributed by atoms with Crippen LogP contribution in [0.15, 0.2) is 4.99 Å². The second-order valence-electron chi connectivity index (χ2n) is 8.63. The molecule has 0 aromatic heterocycles. The smallest absolute Gasteiger partial charge is 0.341 e. The van der Waals surface area contributed by atoms with Crippen molar-refractivity contribution in [3.05, 3.63) is 0 Å². The molecule has 33 heavy (non-hydrogen) atoms. The van der Waals surface area contributed by atoms with Gasteiger partial charge < -0.3 is 4.90 Å². The van der Waals surface area contributed by atoms with E-state index in [2.05, 4.69) is 33.2 Å². The third-order valence-corrected chi connectivity index (χ3v) is 6.20. The Morgan fingerprint density at radius 2 is 1.33 bits per heavy atom. The fraction of sp³-hybridized carbons (Fsp3) is 0.917. The molecule has 2 N–H and O–H groups in total. The molecule has 8 nitrogen and oxygen atoms in total. The zero-order valence-corrected chi connectivity index (χ0v) is 22.1. The van der Waals surface area contributed by atoms with E-state index < -0.39 is 10.4 Å². The van der Waals surface area contributed by atoms with Crippen molar-refractivity contribution in [3.63, 3.8) is 0 Å². The van der Waals surface area contributed by atoms with Crippen LogP contribution in [0.2, 0.25) is 0 Å². The van der Waals surface area contributed by atoms with E-state index >= 15 is 0 Å². The van der Waals surface area contributed by atoms with Crippen molar-refractivity contribution in [2.24, 2.45) is 4.99 Å². The summed E-state index contributed by atoms with van der Waals surface area (Å²) < 4.78 is 29.7. The Morgan fingerprint density at radius 1 is 0.909 bits per heavy atom. The first kappa shape index (κ1) is 31.8. The van der Waals surface area contributed by atoms with E-state index in [9.17, 15) is 13.2 Å². The Bertz CT molecular complexity index is 611. The predicted molar refractivity (Wildman–Crippen MR) is 136 cm³/mol. The molecule has 0 aliphatic carbocycles. The maximum Gasteiger partial charge on any atom is 0.397 e. The van der Waals surface area contributed by atoms with Crippen LogP contribution in [0.1, 0.15) is 117 Å². The fourth-order valence-corrected chi connectivity index (χ4v) is 3.75. The van der Waals surface area contributed by atoms with Crippen LogP contribution >= 0.6 is 0 Å². The largest absolute Gasteiger partial charge is 0.397 e. The molecule has 0 atom stereocenters. The molecule has 1 heterocycles. The van der Waals surface area contributed by atoms with Gasteiger partial charge in [-0.2, -0.15) is 8.42 Å². The van der Waals surface area contributed by atoms with Gasteiger partial charge in [0.1, 0.15) is 0 Å². The molecule has 0 fully saturated rings. The second kappa shape index (κ2) is 21.4. The quantitative estimate of drug-likeness (QED) is 0.194. The minimum Gasteiger partial charge on any atom is -0.341 e. The molecule has 0 bridgehead atoms. The van der Waals surface area contributed by atoms with Gasteiger partial charge >= 0.3 is 10.4 Å². The highest BCUT2D eigenvalue weighted by Gasteiger charge is 2.16. The van der Waals surface area contributed by atoms with Crippen molar-refractivity contribution in [2.45, 2.75) is 117 Å². The predicted octanol–water partition coefficient (Wildman–Crippen LogP) is 5.49. The van der Waals surface area contributed by atoms with E-state index in [-0.39, 0.29) is 5.91 Å². The SMILES string of the molecule is CCCCCCCCCCCCCCCCCC(=O)NC1=NCCN1CC.COS(=O)(=O)O. The number of nitrogens with zero attached hydrogens (tertiary/aromatic N) is 2. The number of carbonyl (C=O) groups excluding carboxylic acids is 1. The molecule has 196 valence electrons. The molecule has 0 saturated carbocycles. The van der Waals surface area contributed by atoms with Gasteiger partial charge in [-0.3, -0.25) is 23.8 Å². The van der Waals surface area contributed by atoms with Crippen LogP contribution in [-0.4, -0.2) is 56.5 Å². The van der Waals surface area contributed by atoms with Gasteiger partial charge in [0.05, 0.1) is 13.7 Å². The lowest BCUT2D eigenvalue weighted by atomic mass is 10.0. The van der Waals surface area contributed by atoms with Crippen LogP contribution in [0.4, 0.5) is 0 Å². The average Bonchev–Trinajstić information content (AvgIpc) is 3.23.